The Morgan fingerprint density at radius 1 is 1.16 bits per heavy atom. The monoisotopic (exact) mass is 430 g/mol. The van der Waals surface area contributed by atoms with Crippen LogP contribution in [0.1, 0.15) is 57.9 Å². The molecule has 0 aromatic heterocycles. The molecule has 1 aliphatic rings. The van der Waals surface area contributed by atoms with Gasteiger partial charge in [-0.2, -0.15) is 0 Å². The molecule has 0 saturated heterocycles. The van der Waals surface area contributed by atoms with E-state index in [-0.39, 0.29) is 23.9 Å². The van der Waals surface area contributed by atoms with Crippen molar-refractivity contribution in [2.24, 2.45) is 11.8 Å². The fraction of sp³-hybridized carbons (Fsp3) is 0.577. The van der Waals surface area contributed by atoms with Gasteiger partial charge in [0, 0.05) is 18.8 Å². The first kappa shape index (κ1) is 25.3. The van der Waals surface area contributed by atoms with Crippen LogP contribution >= 0.6 is 0 Å². The largest absolute Gasteiger partial charge is 0.463 e. The molecule has 1 fully saturated rings. The first-order chi connectivity index (χ1) is 14.9. The second-order valence-electron chi connectivity index (χ2n) is 8.73. The molecule has 5 nitrogen and oxygen atoms in total. The van der Waals surface area contributed by atoms with E-state index in [1.165, 1.54) is 5.56 Å². The molecule has 0 amide bonds. The number of carbonyl (C=O) groups excluding carboxylic acids is 1. The molecule has 1 aromatic rings. The van der Waals surface area contributed by atoms with Gasteiger partial charge in [-0.3, -0.25) is 4.79 Å². The maximum absolute atomic E-state index is 11.5. The number of hydrogen-bond donors (Lipinski definition) is 3. The summed E-state index contributed by atoms with van der Waals surface area (Å²) in [4.78, 5) is 11.5. The Hall–Kier alpha value is -1.95. The van der Waals surface area contributed by atoms with Crippen LogP contribution in [0.4, 0.5) is 0 Å². The van der Waals surface area contributed by atoms with Crippen LogP contribution in [0.2, 0.25) is 0 Å². The van der Waals surface area contributed by atoms with Crippen LogP contribution in [0.3, 0.4) is 0 Å². The lowest BCUT2D eigenvalue weighted by molar-refractivity contribution is -0.147. The van der Waals surface area contributed by atoms with E-state index in [9.17, 15) is 20.1 Å². The zero-order chi connectivity index (χ0) is 22.6. The standard InChI is InChI=1S/C26H38O5/c1-19(2)31-26(30)13-9-4-3-8-12-22-23(25(29)18-24(22)28)17-16-21(27)15-14-20-10-6-5-7-11-20/h3,5-8,10-11,16-17,19,21-25,27-29H,4,9,12-15,18H2,1-2H3/b8-3-,17-16+/t21-,22-,23?,24+,25-/m1/s1. The van der Waals surface area contributed by atoms with Crippen LogP contribution < -0.4 is 0 Å². The van der Waals surface area contributed by atoms with Gasteiger partial charge in [-0.15, -0.1) is 0 Å². The minimum absolute atomic E-state index is 0.0743. The van der Waals surface area contributed by atoms with Crippen LogP contribution in [0.15, 0.2) is 54.6 Å². The number of unbranched alkanes of at least 4 members (excludes halogenated alkanes) is 1. The number of benzene rings is 1. The van der Waals surface area contributed by atoms with Crippen molar-refractivity contribution in [3.05, 3.63) is 60.2 Å². The number of allylic oxidation sites excluding steroid dienone is 2. The Morgan fingerprint density at radius 2 is 1.90 bits per heavy atom. The summed E-state index contributed by atoms with van der Waals surface area (Å²) in [6, 6.07) is 10.0. The highest BCUT2D eigenvalue weighted by atomic mass is 16.5. The third-order valence-electron chi connectivity index (χ3n) is 5.74. The molecule has 172 valence electrons. The van der Waals surface area contributed by atoms with Gasteiger partial charge in [0.05, 0.1) is 24.4 Å². The molecule has 31 heavy (non-hydrogen) atoms. The molecule has 5 atom stereocenters. The maximum atomic E-state index is 11.5. The van der Waals surface area contributed by atoms with Gasteiger partial charge < -0.3 is 20.1 Å². The predicted octanol–water partition coefficient (Wildman–Crippen LogP) is 3.96. The van der Waals surface area contributed by atoms with E-state index in [4.69, 9.17) is 4.74 Å². The average molecular weight is 431 g/mol. The first-order valence-corrected chi connectivity index (χ1v) is 11.5. The quantitative estimate of drug-likeness (QED) is 0.265. The third kappa shape index (κ3) is 9.38. The number of hydrogen-bond acceptors (Lipinski definition) is 5. The molecule has 0 bridgehead atoms. The predicted molar refractivity (Wildman–Crippen MR) is 122 cm³/mol. The molecule has 1 saturated carbocycles. The molecule has 2 rings (SSSR count). The number of esters is 1. The summed E-state index contributed by atoms with van der Waals surface area (Å²) in [5.74, 6) is -0.421. The molecule has 1 aromatic carbocycles. The summed E-state index contributed by atoms with van der Waals surface area (Å²) >= 11 is 0. The number of aliphatic hydroxyl groups is 3. The van der Waals surface area contributed by atoms with Crippen molar-refractivity contribution in [1.82, 2.24) is 0 Å². The number of rotatable bonds is 12. The van der Waals surface area contributed by atoms with Gasteiger partial charge in [-0.05, 0) is 57.4 Å². The lowest BCUT2D eigenvalue weighted by Gasteiger charge is -2.19. The summed E-state index contributed by atoms with van der Waals surface area (Å²) in [5, 5.41) is 31.0. The third-order valence-corrected chi connectivity index (χ3v) is 5.74. The summed E-state index contributed by atoms with van der Waals surface area (Å²) in [6.07, 6.45) is 10.2. The smallest absolute Gasteiger partial charge is 0.306 e. The molecular weight excluding hydrogens is 392 g/mol. The number of ether oxygens (including phenoxy) is 1. The van der Waals surface area contributed by atoms with E-state index in [0.717, 1.165) is 19.3 Å². The molecule has 0 heterocycles. The van der Waals surface area contributed by atoms with Gasteiger partial charge in [-0.25, -0.2) is 0 Å². The fourth-order valence-corrected chi connectivity index (χ4v) is 4.08. The molecule has 0 radical (unpaired) electrons. The molecule has 1 unspecified atom stereocenters. The normalized spacial score (nSPS) is 25.0. The Balaban J connectivity index is 1.77. The van der Waals surface area contributed by atoms with E-state index < -0.39 is 18.3 Å². The highest BCUT2D eigenvalue weighted by molar-refractivity contribution is 5.69. The molecule has 0 aliphatic heterocycles. The van der Waals surface area contributed by atoms with Crippen molar-refractivity contribution in [1.29, 1.82) is 0 Å². The summed E-state index contributed by atoms with van der Waals surface area (Å²) in [7, 11) is 0. The minimum Gasteiger partial charge on any atom is -0.463 e. The molecule has 3 N–H and O–H groups in total. The molecule has 0 spiro atoms. The topological polar surface area (TPSA) is 87.0 Å². The second kappa shape index (κ2) is 13.5. The molecule has 1 aliphatic carbocycles. The van der Waals surface area contributed by atoms with Gasteiger partial charge in [0.25, 0.3) is 0 Å². The lowest BCUT2D eigenvalue weighted by atomic mass is 9.89. The van der Waals surface area contributed by atoms with Crippen molar-refractivity contribution < 1.29 is 24.9 Å². The van der Waals surface area contributed by atoms with Crippen LogP contribution in [0, 0.1) is 11.8 Å². The molecular formula is C26H38O5. The Labute approximate surface area is 186 Å². The van der Waals surface area contributed by atoms with E-state index in [1.807, 2.05) is 62.4 Å². The van der Waals surface area contributed by atoms with E-state index >= 15 is 0 Å². The number of aliphatic hydroxyl groups excluding tert-OH is 3. The van der Waals surface area contributed by atoms with E-state index in [0.29, 0.717) is 25.7 Å². The van der Waals surface area contributed by atoms with Crippen molar-refractivity contribution in [2.45, 2.75) is 83.2 Å². The Kier molecular flexibility index (Phi) is 11.0. The van der Waals surface area contributed by atoms with Gasteiger partial charge >= 0.3 is 5.97 Å². The average Bonchev–Trinajstić information content (AvgIpc) is 3.00. The molecule has 5 heteroatoms. The first-order valence-electron chi connectivity index (χ1n) is 11.5. The summed E-state index contributed by atoms with van der Waals surface area (Å²) < 4.78 is 5.11. The highest BCUT2D eigenvalue weighted by Gasteiger charge is 2.39. The highest BCUT2D eigenvalue weighted by Crippen LogP contribution is 2.36. The Bertz CT molecular complexity index is 697. The number of aryl methyl sites for hydroxylation is 1. The van der Waals surface area contributed by atoms with Gasteiger partial charge in [0.2, 0.25) is 0 Å². The van der Waals surface area contributed by atoms with Crippen molar-refractivity contribution in [3.63, 3.8) is 0 Å². The van der Waals surface area contributed by atoms with Crippen molar-refractivity contribution in [2.75, 3.05) is 0 Å². The van der Waals surface area contributed by atoms with E-state index in [1.54, 1.807) is 6.08 Å². The van der Waals surface area contributed by atoms with Crippen LogP contribution in [-0.2, 0) is 16.0 Å². The zero-order valence-electron chi connectivity index (χ0n) is 18.8. The van der Waals surface area contributed by atoms with Crippen LogP contribution in [0.5, 0.6) is 0 Å². The van der Waals surface area contributed by atoms with Crippen molar-refractivity contribution in [3.8, 4) is 0 Å². The van der Waals surface area contributed by atoms with E-state index in [2.05, 4.69) is 0 Å². The van der Waals surface area contributed by atoms with Crippen molar-refractivity contribution >= 4 is 5.97 Å². The minimum atomic E-state index is -0.600. The lowest BCUT2D eigenvalue weighted by Crippen LogP contribution is -2.20. The summed E-state index contributed by atoms with van der Waals surface area (Å²) in [6.45, 7) is 3.68. The van der Waals surface area contributed by atoms with Gasteiger partial charge in [0.1, 0.15) is 0 Å². The second-order valence-corrected chi connectivity index (χ2v) is 8.73. The SMILES string of the molecule is CC(C)OC(=O)CCC/C=C\C[C@@H]1C(/C=C/[C@H](O)CCc2ccccc2)[C@H](O)C[C@@H]1O. The van der Waals surface area contributed by atoms with Gasteiger partial charge in [0.15, 0.2) is 0 Å². The summed E-state index contributed by atoms with van der Waals surface area (Å²) in [5.41, 5.74) is 1.19. The fourth-order valence-electron chi connectivity index (χ4n) is 4.08. The zero-order valence-corrected chi connectivity index (χ0v) is 18.8. The van der Waals surface area contributed by atoms with Crippen LogP contribution in [-0.4, -0.2) is 45.7 Å². The maximum Gasteiger partial charge on any atom is 0.306 e. The number of carbonyl (C=O) groups is 1. The Morgan fingerprint density at radius 3 is 2.61 bits per heavy atom. The van der Waals surface area contributed by atoms with Crippen LogP contribution in [0.25, 0.3) is 0 Å². The van der Waals surface area contributed by atoms with Gasteiger partial charge in [-0.1, -0.05) is 54.6 Å².